The van der Waals surface area contributed by atoms with Gasteiger partial charge in [-0.2, -0.15) is 0 Å². The van der Waals surface area contributed by atoms with E-state index in [1.54, 1.807) is 6.92 Å². The number of allylic oxidation sites excluding steroid dienone is 1. The van der Waals surface area contributed by atoms with E-state index < -0.39 is 5.79 Å². The van der Waals surface area contributed by atoms with Gasteiger partial charge in [-0.05, 0) is 39.0 Å². The maximum absolute atomic E-state index is 12.2. The number of carbonyl (C=O) groups is 2. The summed E-state index contributed by atoms with van der Waals surface area (Å²) in [5.74, 6) is -1.45. The molecule has 5 nitrogen and oxygen atoms in total. The van der Waals surface area contributed by atoms with Crippen molar-refractivity contribution in [2.24, 2.45) is 11.3 Å². The van der Waals surface area contributed by atoms with E-state index in [-0.39, 0.29) is 29.4 Å². The molecular formula is C19H26O5. The summed E-state index contributed by atoms with van der Waals surface area (Å²) >= 11 is 0. The smallest absolute Gasteiger partial charge is 0.336 e. The van der Waals surface area contributed by atoms with Crippen LogP contribution >= 0.6 is 0 Å². The summed E-state index contributed by atoms with van der Waals surface area (Å²) in [6.45, 7) is 11.9. The van der Waals surface area contributed by atoms with Crippen LogP contribution in [0.3, 0.4) is 0 Å². The highest BCUT2D eigenvalue weighted by Gasteiger charge is 2.61. The van der Waals surface area contributed by atoms with E-state index in [2.05, 4.69) is 13.5 Å². The fraction of sp³-hybridized carbons (Fsp3) is 0.684. The molecule has 3 rings (SSSR count). The third-order valence-corrected chi connectivity index (χ3v) is 5.94. The fourth-order valence-electron chi connectivity index (χ4n) is 4.77. The molecule has 0 bridgehead atoms. The molecule has 0 amide bonds. The second-order valence-electron chi connectivity index (χ2n) is 7.41. The van der Waals surface area contributed by atoms with Crippen LogP contribution < -0.4 is 0 Å². The van der Waals surface area contributed by atoms with Crippen molar-refractivity contribution in [2.75, 3.05) is 6.61 Å². The van der Waals surface area contributed by atoms with Crippen LogP contribution in [0.5, 0.6) is 0 Å². The van der Waals surface area contributed by atoms with Crippen molar-refractivity contribution in [2.45, 2.75) is 65.3 Å². The predicted octanol–water partition coefficient (Wildman–Crippen LogP) is 3.29. The molecule has 4 unspecified atom stereocenters. The molecule has 0 aromatic rings. The van der Waals surface area contributed by atoms with Gasteiger partial charge in [0.05, 0.1) is 0 Å². The number of fused-ring (bicyclic) bond motifs is 2. The number of rotatable bonds is 3. The maximum atomic E-state index is 12.2. The second-order valence-corrected chi connectivity index (χ2v) is 7.41. The SMILES string of the molecule is C=C1CCC(OC(C)=O)C2(C)CC3(OCC)OC(=O)C(C)=C3CC12. The highest BCUT2D eigenvalue weighted by atomic mass is 16.7. The summed E-state index contributed by atoms with van der Waals surface area (Å²) in [4.78, 5) is 23.8. The highest BCUT2D eigenvalue weighted by molar-refractivity contribution is 5.92. The van der Waals surface area contributed by atoms with Crippen molar-refractivity contribution in [3.05, 3.63) is 23.3 Å². The van der Waals surface area contributed by atoms with Crippen LogP contribution in [-0.2, 0) is 23.8 Å². The number of esters is 2. The zero-order chi connectivity index (χ0) is 17.7. The summed E-state index contributed by atoms with van der Waals surface area (Å²) in [6, 6.07) is 0. The number of hydrogen-bond donors (Lipinski definition) is 0. The van der Waals surface area contributed by atoms with Crippen LogP contribution in [-0.4, -0.2) is 30.4 Å². The average Bonchev–Trinajstić information content (AvgIpc) is 2.71. The Labute approximate surface area is 143 Å². The molecular weight excluding hydrogens is 308 g/mol. The van der Waals surface area contributed by atoms with E-state index in [4.69, 9.17) is 14.2 Å². The molecule has 1 heterocycles. The van der Waals surface area contributed by atoms with E-state index in [0.29, 0.717) is 25.0 Å². The molecule has 0 aromatic carbocycles. The first-order chi connectivity index (χ1) is 11.2. The molecule has 2 saturated carbocycles. The Bertz CT molecular complexity index is 634. The summed E-state index contributed by atoms with van der Waals surface area (Å²) in [5.41, 5.74) is 2.38. The van der Waals surface area contributed by atoms with Gasteiger partial charge >= 0.3 is 11.9 Å². The van der Waals surface area contributed by atoms with E-state index in [1.807, 2.05) is 6.92 Å². The molecule has 0 saturated heterocycles. The minimum atomic E-state index is -1.02. The van der Waals surface area contributed by atoms with E-state index in [9.17, 15) is 9.59 Å². The van der Waals surface area contributed by atoms with Crippen LogP contribution in [0.25, 0.3) is 0 Å². The lowest BCUT2D eigenvalue weighted by Gasteiger charge is -2.54. The molecule has 4 atom stereocenters. The molecule has 2 fully saturated rings. The Kier molecular flexibility index (Phi) is 4.11. The lowest BCUT2D eigenvalue weighted by molar-refractivity contribution is -0.237. The predicted molar refractivity (Wildman–Crippen MR) is 87.9 cm³/mol. The first-order valence-corrected chi connectivity index (χ1v) is 8.66. The van der Waals surface area contributed by atoms with Crippen molar-refractivity contribution >= 4 is 11.9 Å². The monoisotopic (exact) mass is 334 g/mol. The first kappa shape index (κ1) is 17.2. The van der Waals surface area contributed by atoms with E-state index in [1.165, 1.54) is 6.92 Å². The molecule has 5 heteroatoms. The Morgan fingerprint density at radius 2 is 2.17 bits per heavy atom. The minimum Gasteiger partial charge on any atom is -0.462 e. The third kappa shape index (κ3) is 2.41. The van der Waals surface area contributed by atoms with Gasteiger partial charge in [0.15, 0.2) is 0 Å². The van der Waals surface area contributed by atoms with Crippen molar-refractivity contribution in [3.63, 3.8) is 0 Å². The van der Waals surface area contributed by atoms with Crippen LogP contribution in [0, 0.1) is 11.3 Å². The molecule has 2 aliphatic carbocycles. The zero-order valence-electron chi connectivity index (χ0n) is 14.9. The zero-order valence-corrected chi connectivity index (χ0v) is 14.9. The Balaban J connectivity index is 2.04. The molecule has 0 spiro atoms. The summed E-state index contributed by atoms with van der Waals surface area (Å²) < 4.78 is 17.3. The molecule has 0 aromatic heterocycles. The summed E-state index contributed by atoms with van der Waals surface area (Å²) in [6.07, 6.45) is 2.53. The minimum absolute atomic E-state index is 0.156. The van der Waals surface area contributed by atoms with Gasteiger partial charge in [-0.25, -0.2) is 4.79 Å². The number of carbonyl (C=O) groups excluding carboxylic acids is 2. The van der Waals surface area contributed by atoms with Gasteiger partial charge in [-0.3, -0.25) is 4.79 Å². The topological polar surface area (TPSA) is 61.8 Å². The van der Waals surface area contributed by atoms with Crippen molar-refractivity contribution in [1.82, 2.24) is 0 Å². The average molecular weight is 334 g/mol. The number of ether oxygens (including phenoxy) is 3. The third-order valence-electron chi connectivity index (χ3n) is 5.94. The van der Waals surface area contributed by atoms with E-state index >= 15 is 0 Å². The van der Waals surface area contributed by atoms with Crippen molar-refractivity contribution < 1.29 is 23.8 Å². The molecule has 0 radical (unpaired) electrons. The van der Waals surface area contributed by atoms with Crippen molar-refractivity contribution in [1.29, 1.82) is 0 Å². The maximum Gasteiger partial charge on any atom is 0.336 e. The summed E-state index contributed by atoms with van der Waals surface area (Å²) in [7, 11) is 0. The largest absolute Gasteiger partial charge is 0.462 e. The fourth-order valence-corrected chi connectivity index (χ4v) is 4.77. The lowest BCUT2D eigenvalue weighted by atomic mass is 9.55. The van der Waals surface area contributed by atoms with Gasteiger partial charge in [0.1, 0.15) is 6.10 Å². The Hall–Kier alpha value is -1.62. The van der Waals surface area contributed by atoms with Gasteiger partial charge in [0, 0.05) is 36.5 Å². The number of hydrogen-bond acceptors (Lipinski definition) is 5. The molecule has 24 heavy (non-hydrogen) atoms. The summed E-state index contributed by atoms with van der Waals surface area (Å²) in [5, 5.41) is 0. The highest BCUT2D eigenvalue weighted by Crippen LogP contribution is 2.60. The van der Waals surface area contributed by atoms with Crippen LogP contribution in [0.2, 0.25) is 0 Å². The van der Waals surface area contributed by atoms with Crippen LogP contribution in [0.4, 0.5) is 0 Å². The molecule has 1 aliphatic heterocycles. The van der Waals surface area contributed by atoms with Crippen LogP contribution in [0.1, 0.15) is 53.4 Å². The Morgan fingerprint density at radius 3 is 2.79 bits per heavy atom. The van der Waals surface area contributed by atoms with E-state index in [0.717, 1.165) is 24.0 Å². The molecule has 3 aliphatic rings. The first-order valence-electron chi connectivity index (χ1n) is 8.66. The van der Waals surface area contributed by atoms with Crippen LogP contribution in [0.15, 0.2) is 23.3 Å². The normalized spacial score (nSPS) is 38.5. The van der Waals surface area contributed by atoms with Gasteiger partial charge in [0.2, 0.25) is 5.79 Å². The van der Waals surface area contributed by atoms with Gasteiger partial charge in [-0.15, -0.1) is 0 Å². The molecule has 0 N–H and O–H groups in total. The van der Waals surface area contributed by atoms with Gasteiger partial charge < -0.3 is 14.2 Å². The van der Waals surface area contributed by atoms with Gasteiger partial charge in [0.25, 0.3) is 0 Å². The standard InChI is InChI=1S/C19H26O5/c1-6-22-19-10-18(5)14(9-15(19)12(3)17(21)24-19)11(2)7-8-16(18)23-13(4)20/h14,16H,2,6-10H2,1,3-5H3. The van der Waals surface area contributed by atoms with Crippen molar-refractivity contribution in [3.8, 4) is 0 Å². The molecule has 132 valence electrons. The quantitative estimate of drug-likeness (QED) is 0.585. The van der Waals surface area contributed by atoms with Gasteiger partial charge in [-0.1, -0.05) is 19.1 Å². The lowest BCUT2D eigenvalue weighted by Crippen LogP contribution is -2.56. The Morgan fingerprint density at radius 1 is 1.46 bits per heavy atom. The second kappa shape index (κ2) is 5.73.